The Bertz CT molecular complexity index is 582. The van der Waals surface area contributed by atoms with Crippen LogP contribution in [-0.4, -0.2) is 23.3 Å². The van der Waals surface area contributed by atoms with Gasteiger partial charge in [0.15, 0.2) is 0 Å². The third-order valence-electron chi connectivity index (χ3n) is 3.26. The zero-order chi connectivity index (χ0) is 13.1. The summed E-state index contributed by atoms with van der Waals surface area (Å²) < 4.78 is 5.46. The molecule has 0 saturated heterocycles. The van der Waals surface area contributed by atoms with Gasteiger partial charge in [-0.15, -0.1) is 17.5 Å². The number of benzene rings is 1. The lowest BCUT2D eigenvalue weighted by Crippen LogP contribution is -2.28. The van der Waals surface area contributed by atoms with Crippen molar-refractivity contribution in [3.05, 3.63) is 47.9 Å². The average Bonchev–Trinajstić information content (AvgIpc) is 2.97. The number of anilines is 1. The van der Waals surface area contributed by atoms with Gasteiger partial charge in [-0.05, 0) is 17.6 Å². The van der Waals surface area contributed by atoms with E-state index in [0.29, 0.717) is 11.9 Å². The summed E-state index contributed by atoms with van der Waals surface area (Å²) in [6.45, 7) is 1.95. The van der Waals surface area contributed by atoms with Crippen LogP contribution < -0.4 is 10.6 Å². The van der Waals surface area contributed by atoms with Crippen LogP contribution in [0, 0.1) is 0 Å². The van der Waals surface area contributed by atoms with E-state index in [4.69, 9.17) is 10.2 Å². The van der Waals surface area contributed by atoms with Crippen LogP contribution >= 0.6 is 12.4 Å². The predicted octanol–water partition coefficient (Wildman–Crippen LogP) is 2.24. The van der Waals surface area contributed by atoms with Gasteiger partial charge in [0.1, 0.15) is 0 Å². The van der Waals surface area contributed by atoms with Gasteiger partial charge in [0.05, 0.1) is 6.54 Å². The molecule has 0 aliphatic carbocycles. The second kappa shape index (κ2) is 6.54. The summed E-state index contributed by atoms with van der Waals surface area (Å²) >= 11 is 0. The van der Waals surface area contributed by atoms with Crippen LogP contribution in [0.25, 0.3) is 5.57 Å². The summed E-state index contributed by atoms with van der Waals surface area (Å²) in [5.74, 6) is 0.479. The molecule has 1 aromatic heterocycles. The minimum Gasteiger partial charge on any atom is -0.407 e. The highest BCUT2D eigenvalue weighted by Crippen LogP contribution is 2.24. The third-order valence-corrected chi connectivity index (χ3v) is 3.26. The van der Waals surface area contributed by atoms with E-state index in [1.165, 1.54) is 11.1 Å². The molecule has 0 radical (unpaired) electrons. The molecule has 20 heavy (non-hydrogen) atoms. The van der Waals surface area contributed by atoms with Crippen LogP contribution in [0.5, 0.6) is 0 Å². The minimum atomic E-state index is 0. The summed E-state index contributed by atoms with van der Waals surface area (Å²) in [6.07, 6.45) is 3.19. The van der Waals surface area contributed by atoms with Crippen molar-refractivity contribution in [3.63, 3.8) is 0 Å². The molecule has 0 spiro atoms. The van der Waals surface area contributed by atoms with E-state index >= 15 is 0 Å². The third kappa shape index (κ3) is 3.00. The molecule has 0 atom stereocenters. The Hall–Kier alpha value is -1.85. The molecule has 0 saturated carbocycles. The molecule has 0 amide bonds. The van der Waals surface area contributed by atoms with Gasteiger partial charge in [-0.2, -0.15) is 0 Å². The molecular weight excluding hydrogens is 276 g/mol. The molecule has 0 fully saturated rings. The first-order valence-electron chi connectivity index (χ1n) is 6.38. The fourth-order valence-corrected chi connectivity index (χ4v) is 2.21. The highest BCUT2D eigenvalue weighted by atomic mass is 35.5. The van der Waals surface area contributed by atoms with Gasteiger partial charge in [0.25, 0.3) is 0 Å². The lowest BCUT2D eigenvalue weighted by molar-refractivity contribution is 0.487. The van der Waals surface area contributed by atoms with E-state index in [1.54, 1.807) is 0 Å². The van der Waals surface area contributed by atoms with E-state index in [1.807, 2.05) is 6.07 Å². The largest absolute Gasteiger partial charge is 0.407 e. The quantitative estimate of drug-likeness (QED) is 0.939. The molecule has 1 aliphatic rings. The van der Waals surface area contributed by atoms with Crippen LogP contribution in [0.1, 0.15) is 17.9 Å². The van der Waals surface area contributed by atoms with Crippen molar-refractivity contribution in [3.8, 4) is 0 Å². The SMILES string of the molecule is Cl.NCc1nnc(N2CC=C(c3ccccc3)CC2)o1. The van der Waals surface area contributed by atoms with Crippen molar-refractivity contribution in [2.45, 2.75) is 13.0 Å². The minimum absolute atomic E-state index is 0. The molecule has 2 aromatic rings. The van der Waals surface area contributed by atoms with Gasteiger partial charge >= 0.3 is 6.01 Å². The summed E-state index contributed by atoms with van der Waals surface area (Å²) in [7, 11) is 0. The van der Waals surface area contributed by atoms with Gasteiger partial charge in [-0.25, -0.2) is 0 Å². The van der Waals surface area contributed by atoms with Gasteiger partial charge in [0, 0.05) is 13.1 Å². The number of nitrogens with zero attached hydrogens (tertiary/aromatic N) is 3. The highest BCUT2D eigenvalue weighted by Gasteiger charge is 2.17. The van der Waals surface area contributed by atoms with Crippen LogP contribution in [0.2, 0.25) is 0 Å². The Morgan fingerprint density at radius 3 is 2.60 bits per heavy atom. The first-order chi connectivity index (χ1) is 9.36. The normalized spacial score (nSPS) is 14.7. The molecular formula is C14H17ClN4O. The van der Waals surface area contributed by atoms with Crippen LogP contribution in [0.4, 0.5) is 6.01 Å². The second-order valence-corrected chi connectivity index (χ2v) is 4.47. The average molecular weight is 293 g/mol. The molecule has 2 heterocycles. The predicted molar refractivity (Wildman–Crippen MR) is 80.7 cm³/mol. The number of rotatable bonds is 3. The van der Waals surface area contributed by atoms with Crippen molar-refractivity contribution >= 4 is 24.0 Å². The Kier molecular flexibility index (Phi) is 4.76. The van der Waals surface area contributed by atoms with Crippen molar-refractivity contribution in [1.29, 1.82) is 0 Å². The topological polar surface area (TPSA) is 68.2 Å². The Balaban J connectivity index is 0.00000147. The van der Waals surface area contributed by atoms with E-state index in [2.05, 4.69) is 45.4 Å². The summed E-state index contributed by atoms with van der Waals surface area (Å²) in [4.78, 5) is 2.07. The molecule has 2 N–H and O–H groups in total. The van der Waals surface area contributed by atoms with E-state index in [0.717, 1.165) is 19.5 Å². The van der Waals surface area contributed by atoms with E-state index in [9.17, 15) is 0 Å². The van der Waals surface area contributed by atoms with Gasteiger partial charge in [-0.3, -0.25) is 0 Å². The molecule has 0 bridgehead atoms. The highest BCUT2D eigenvalue weighted by molar-refractivity contribution is 5.85. The molecule has 106 valence electrons. The molecule has 1 aliphatic heterocycles. The second-order valence-electron chi connectivity index (χ2n) is 4.47. The molecule has 6 heteroatoms. The number of hydrogen-bond donors (Lipinski definition) is 1. The standard InChI is InChI=1S/C14H16N4O.ClH/c15-10-13-16-17-14(19-13)18-8-6-12(7-9-18)11-4-2-1-3-5-11;/h1-6H,7-10,15H2;1H. The smallest absolute Gasteiger partial charge is 0.318 e. The first kappa shape index (κ1) is 14.6. The van der Waals surface area contributed by atoms with Crippen molar-refractivity contribution < 1.29 is 4.42 Å². The number of nitrogens with two attached hydrogens (primary N) is 1. The fraction of sp³-hybridized carbons (Fsp3) is 0.286. The van der Waals surface area contributed by atoms with Crippen LogP contribution in [0.15, 0.2) is 40.8 Å². The summed E-state index contributed by atoms with van der Waals surface area (Å²) in [5, 5.41) is 7.89. The molecule has 1 aromatic carbocycles. The van der Waals surface area contributed by atoms with Crippen molar-refractivity contribution in [1.82, 2.24) is 10.2 Å². The Morgan fingerprint density at radius 2 is 2.00 bits per heavy atom. The first-order valence-corrected chi connectivity index (χ1v) is 6.38. The van der Waals surface area contributed by atoms with Gasteiger partial charge in [0.2, 0.25) is 5.89 Å². The number of hydrogen-bond acceptors (Lipinski definition) is 5. The van der Waals surface area contributed by atoms with E-state index in [-0.39, 0.29) is 19.0 Å². The number of aromatic nitrogens is 2. The van der Waals surface area contributed by atoms with Gasteiger partial charge in [-0.1, -0.05) is 41.5 Å². The zero-order valence-electron chi connectivity index (χ0n) is 11.0. The van der Waals surface area contributed by atoms with Crippen molar-refractivity contribution in [2.75, 3.05) is 18.0 Å². The van der Waals surface area contributed by atoms with Crippen LogP contribution in [0.3, 0.4) is 0 Å². The van der Waals surface area contributed by atoms with E-state index < -0.39 is 0 Å². The molecule has 3 rings (SSSR count). The lowest BCUT2D eigenvalue weighted by atomic mass is 10.00. The monoisotopic (exact) mass is 292 g/mol. The number of halogens is 1. The van der Waals surface area contributed by atoms with Crippen molar-refractivity contribution in [2.24, 2.45) is 5.73 Å². The summed E-state index contributed by atoms with van der Waals surface area (Å²) in [6, 6.07) is 11.0. The molecule has 0 unspecified atom stereocenters. The zero-order valence-corrected chi connectivity index (χ0v) is 11.8. The fourth-order valence-electron chi connectivity index (χ4n) is 2.21. The maximum Gasteiger partial charge on any atom is 0.318 e. The molecule has 5 nitrogen and oxygen atoms in total. The lowest BCUT2D eigenvalue weighted by Gasteiger charge is -2.24. The summed E-state index contributed by atoms with van der Waals surface area (Å²) in [5.41, 5.74) is 8.12. The van der Waals surface area contributed by atoms with Crippen LogP contribution in [-0.2, 0) is 6.54 Å². The Labute approximate surface area is 123 Å². The Morgan fingerprint density at radius 1 is 1.20 bits per heavy atom. The maximum atomic E-state index is 5.46. The van der Waals surface area contributed by atoms with Gasteiger partial charge < -0.3 is 15.1 Å². The maximum absolute atomic E-state index is 5.46.